The number of carbonyl (C=O) groups excluding carboxylic acids is 1. The summed E-state index contributed by atoms with van der Waals surface area (Å²) in [4.78, 5) is 17.9. The standard InChI is InChI=1S/C17H15ClN2OS2/c1-11(12-4-6-13(18)7-5-12)19-16(21)9-14-10-23-17(20-14)15-3-2-8-22-15/h2-8,10-11H,9H2,1H3,(H,19,21). The molecule has 1 atom stereocenters. The molecule has 3 aromatic rings. The number of nitrogens with one attached hydrogen (secondary N) is 1. The second-order valence-corrected chi connectivity index (χ2v) is 7.38. The van der Waals surface area contributed by atoms with E-state index in [2.05, 4.69) is 10.3 Å². The Labute approximate surface area is 148 Å². The molecule has 0 aliphatic heterocycles. The molecule has 0 fully saturated rings. The molecule has 3 nitrogen and oxygen atoms in total. The van der Waals surface area contributed by atoms with Gasteiger partial charge in [-0.2, -0.15) is 0 Å². The molecule has 1 unspecified atom stereocenters. The highest BCUT2D eigenvalue weighted by Crippen LogP contribution is 2.28. The largest absolute Gasteiger partial charge is 0.349 e. The Morgan fingerprint density at radius 2 is 2.04 bits per heavy atom. The van der Waals surface area contributed by atoms with Gasteiger partial charge in [-0.1, -0.05) is 29.8 Å². The number of halogens is 1. The average Bonchev–Trinajstić information content (AvgIpc) is 3.18. The van der Waals surface area contributed by atoms with Gasteiger partial charge in [-0.25, -0.2) is 4.98 Å². The van der Waals surface area contributed by atoms with Crippen molar-refractivity contribution in [2.75, 3.05) is 0 Å². The van der Waals surface area contributed by atoms with E-state index in [4.69, 9.17) is 11.6 Å². The number of benzene rings is 1. The van der Waals surface area contributed by atoms with Crippen molar-refractivity contribution in [2.24, 2.45) is 0 Å². The second-order valence-electron chi connectivity index (χ2n) is 5.14. The molecule has 0 spiro atoms. The molecular formula is C17H15ClN2OS2. The van der Waals surface area contributed by atoms with Gasteiger partial charge in [0.05, 0.1) is 23.0 Å². The zero-order chi connectivity index (χ0) is 16.2. The summed E-state index contributed by atoms with van der Waals surface area (Å²) in [6.45, 7) is 1.96. The van der Waals surface area contributed by atoms with Crippen molar-refractivity contribution < 1.29 is 4.79 Å². The van der Waals surface area contributed by atoms with E-state index in [1.54, 1.807) is 22.7 Å². The van der Waals surface area contributed by atoms with Crippen LogP contribution in [0.4, 0.5) is 0 Å². The van der Waals surface area contributed by atoms with Gasteiger partial charge >= 0.3 is 0 Å². The van der Waals surface area contributed by atoms with Crippen molar-refractivity contribution in [2.45, 2.75) is 19.4 Å². The maximum absolute atomic E-state index is 12.2. The summed E-state index contributed by atoms with van der Waals surface area (Å²) in [6, 6.07) is 11.5. The van der Waals surface area contributed by atoms with Gasteiger partial charge in [-0.05, 0) is 36.1 Å². The van der Waals surface area contributed by atoms with Crippen LogP contribution in [0, 0.1) is 0 Å². The molecule has 2 aromatic heterocycles. The highest BCUT2D eigenvalue weighted by atomic mass is 35.5. The van der Waals surface area contributed by atoms with Crippen molar-refractivity contribution in [3.8, 4) is 9.88 Å². The molecule has 3 rings (SSSR count). The molecule has 1 N–H and O–H groups in total. The van der Waals surface area contributed by atoms with Gasteiger partial charge in [-0.15, -0.1) is 22.7 Å². The van der Waals surface area contributed by atoms with E-state index in [0.717, 1.165) is 21.1 Å². The van der Waals surface area contributed by atoms with E-state index in [9.17, 15) is 4.79 Å². The first-order valence-corrected chi connectivity index (χ1v) is 9.28. The Balaban J connectivity index is 1.60. The highest BCUT2D eigenvalue weighted by molar-refractivity contribution is 7.20. The number of thiazole rings is 1. The van der Waals surface area contributed by atoms with Crippen LogP contribution in [-0.4, -0.2) is 10.9 Å². The third-order valence-electron chi connectivity index (χ3n) is 3.37. The molecule has 2 heterocycles. The maximum Gasteiger partial charge on any atom is 0.226 e. The number of hydrogen-bond donors (Lipinski definition) is 1. The molecule has 0 aliphatic rings. The summed E-state index contributed by atoms with van der Waals surface area (Å²) < 4.78 is 0. The first-order chi connectivity index (χ1) is 11.1. The quantitative estimate of drug-likeness (QED) is 0.698. The van der Waals surface area contributed by atoms with E-state index in [0.29, 0.717) is 11.4 Å². The van der Waals surface area contributed by atoms with E-state index >= 15 is 0 Å². The first kappa shape index (κ1) is 16.2. The van der Waals surface area contributed by atoms with Crippen LogP contribution in [0.1, 0.15) is 24.2 Å². The Kier molecular flexibility index (Phi) is 5.10. The van der Waals surface area contributed by atoms with Gasteiger partial charge in [0.2, 0.25) is 5.91 Å². The minimum Gasteiger partial charge on any atom is -0.349 e. The molecule has 0 bridgehead atoms. The van der Waals surface area contributed by atoms with Crippen molar-refractivity contribution in [1.82, 2.24) is 10.3 Å². The number of hydrogen-bond acceptors (Lipinski definition) is 4. The predicted octanol–water partition coefficient (Wildman–Crippen LogP) is 4.94. The van der Waals surface area contributed by atoms with Crippen LogP contribution >= 0.6 is 34.3 Å². The fourth-order valence-electron chi connectivity index (χ4n) is 2.19. The average molecular weight is 363 g/mol. The van der Waals surface area contributed by atoms with Crippen LogP contribution in [0.15, 0.2) is 47.2 Å². The van der Waals surface area contributed by atoms with Gasteiger partial charge in [0.25, 0.3) is 0 Å². The zero-order valence-corrected chi connectivity index (χ0v) is 14.8. The number of thiophene rings is 1. The summed E-state index contributed by atoms with van der Waals surface area (Å²) in [6.07, 6.45) is 0.291. The molecule has 23 heavy (non-hydrogen) atoms. The first-order valence-electron chi connectivity index (χ1n) is 7.15. The van der Waals surface area contributed by atoms with Gasteiger partial charge in [0, 0.05) is 10.4 Å². The van der Waals surface area contributed by atoms with Gasteiger partial charge in [0.1, 0.15) is 5.01 Å². The second kappa shape index (κ2) is 7.25. The minimum absolute atomic E-state index is 0.0320. The Bertz CT molecular complexity index is 781. The lowest BCUT2D eigenvalue weighted by atomic mass is 10.1. The van der Waals surface area contributed by atoms with Gasteiger partial charge in [0.15, 0.2) is 0 Å². The van der Waals surface area contributed by atoms with Crippen molar-refractivity contribution in [3.63, 3.8) is 0 Å². The molecule has 0 saturated carbocycles. The van der Waals surface area contributed by atoms with Crippen molar-refractivity contribution in [3.05, 3.63) is 63.4 Å². The Morgan fingerprint density at radius 1 is 1.26 bits per heavy atom. The summed E-state index contributed by atoms with van der Waals surface area (Å²) in [5, 5.41) is 8.62. The molecular weight excluding hydrogens is 348 g/mol. The predicted molar refractivity (Wildman–Crippen MR) is 97.1 cm³/mol. The maximum atomic E-state index is 12.2. The number of nitrogens with zero attached hydrogens (tertiary/aromatic N) is 1. The minimum atomic E-state index is -0.0600. The molecule has 6 heteroatoms. The highest BCUT2D eigenvalue weighted by Gasteiger charge is 2.13. The lowest BCUT2D eigenvalue weighted by Crippen LogP contribution is -2.28. The zero-order valence-electron chi connectivity index (χ0n) is 12.5. The molecule has 1 aromatic carbocycles. The summed E-state index contributed by atoms with van der Waals surface area (Å²) in [5.74, 6) is -0.0320. The van der Waals surface area contributed by atoms with E-state index in [-0.39, 0.29) is 11.9 Å². The lowest BCUT2D eigenvalue weighted by molar-refractivity contribution is -0.121. The van der Waals surface area contributed by atoms with Crippen molar-refractivity contribution in [1.29, 1.82) is 0 Å². The van der Waals surface area contributed by atoms with Crippen molar-refractivity contribution >= 4 is 40.2 Å². The third-order valence-corrected chi connectivity index (χ3v) is 5.56. The van der Waals surface area contributed by atoms with Crippen LogP contribution in [0.2, 0.25) is 5.02 Å². The van der Waals surface area contributed by atoms with Crippen LogP contribution in [0.5, 0.6) is 0 Å². The molecule has 0 saturated heterocycles. The fraction of sp³-hybridized carbons (Fsp3) is 0.176. The lowest BCUT2D eigenvalue weighted by Gasteiger charge is -2.14. The number of rotatable bonds is 5. The fourth-order valence-corrected chi connectivity index (χ4v) is 3.95. The summed E-state index contributed by atoms with van der Waals surface area (Å²) >= 11 is 9.11. The van der Waals surface area contributed by atoms with Crippen LogP contribution < -0.4 is 5.32 Å². The normalized spacial score (nSPS) is 12.1. The summed E-state index contributed by atoms with van der Waals surface area (Å²) in [7, 11) is 0. The van der Waals surface area contributed by atoms with E-state index < -0.39 is 0 Å². The number of carbonyl (C=O) groups is 1. The third kappa shape index (κ3) is 4.19. The topological polar surface area (TPSA) is 42.0 Å². The van der Waals surface area contributed by atoms with Crippen LogP contribution in [-0.2, 0) is 11.2 Å². The monoisotopic (exact) mass is 362 g/mol. The van der Waals surface area contributed by atoms with Crippen LogP contribution in [0.3, 0.4) is 0 Å². The smallest absolute Gasteiger partial charge is 0.226 e. The number of aromatic nitrogens is 1. The Morgan fingerprint density at radius 3 is 2.74 bits per heavy atom. The molecule has 0 aliphatic carbocycles. The van der Waals surface area contributed by atoms with Gasteiger partial charge in [-0.3, -0.25) is 4.79 Å². The van der Waals surface area contributed by atoms with E-state index in [1.807, 2.05) is 54.1 Å². The van der Waals surface area contributed by atoms with E-state index in [1.165, 1.54) is 0 Å². The van der Waals surface area contributed by atoms with Gasteiger partial charge < -0.3 is 5.32 Å². The van der Waals surface area contributed by atoms with Crippen LogP contribution in [0.25, 0.3) is 9.88 Å². The SMILES string of the molecule is CC(NC(=O)Cc1csc(-c2cccs2)n1)c1ccc(Cl)cc1. The molecule has 1 amide bonds. The number of amides is 1. The molecule has 118 valence electrons. The summed E-state index contributed by atoms with van der Waals surface area (Å²) in [5.41, 5.74) is 1.83. The Hall–Kier alpha value is -1.69. The molecule has 0 radical (unpaired) electrons.